The number of nitriles is 1. The Morgan fingerprint density at radius 3 is 2.64 bits per heavy atom. The summed E-state index contributed by atoms with van der Waals surface area (Å²) in [4.78, 5) is 24.1. The molecule has 1 atom stereocenters. The second-order valence-electron chi connectivity index (χ2n) is 5.53. The zero-order valence-electron chi connectivity index (χ0n) is 13.9. The summed E-state index contributed by atoms with van der Waals surface area (Å²) in [6.07, 6.45) is -0.849. The van der Waals surface area contributed by atoms with E-state index in [0.29, 0.717) is 11.3 Å². The Balaban J connectivity index is 1.94. The molecule has 1 N–H and O–H groups in total. The van der Waals surface area contributed by atoms with Crippen LogP contribution in [0.2, 0.25) is 5.02 Å². The van der Waals surface area contributed by atoms with Crippen LogP contribution in [0.1, 0.15) is 23.6 Å². The minimum Gasteiger partial charge on any atom is -0.452 e. The maximum Gasteiger partial charge on any atom is 0.311 e. The Bertz CT molecular complexity index is 843. The zero-order valence-corrected chi connectivity index (χ0v) is 14.6. The van der Waals surface area contributed by atoms with Crippen molar-refractivity contribution in [1.29, 1.82) is 5.26 Å². The fourth-order valence-corrected chi connectivity index (χ4v) is 2.41. The monoisotopic (exact) mass is 356 g/mol. The van der Waals surface area contributed by atoms with Gasteiger partial charge < -0.3 is 10.1 Å². The maximum atomic E-state index is 12.1. The molecule has 1 amide bonds. The van der Waals surface area contributed by atoms with Gasteiger partial charge in [0.05, 0.1) is 17.0 Å². The Morgan fingerprint density at radius 2 is 2.00 bits per heavy atom. The number of hydrogen-bond acceptors (Lipinski definition) is 4. The van der Waals surface area contributed by atoms with E-state index in [1.807, 2.05) is 37.3 Å². The van der Waals surface area contributed by atoms with Gasteiger partial charge in [-0.1, -0.05) is 35.9 Å². The smallest absolute Gasteiger partial charge is 0.311 e. The number of anilines is 1. The number of carbonyl (C=O) groups is 2. The van der Waals surface area contributed by atoms with Gasteiger partial charge in [0.25, 0.3) is 5.91 Å². The summed E-state index contributed by atoms with van der Waals surface area (Å²) in [6.45, 7) is 3.41. The van der Waals surface area contributed by atoms with Crippen molar-refractivity contribution in [2.45, 2.75) is 26.4 Å². The van der Waals surface area contributed by atoms with E-state index in [1.54, 1.807) is 6.07 Å². The molecule has 0 aliphatic carbocycles. The van der Waals surface area contributed by atoms with Gasteiger partial charge in [0.15, 0.2) is 6.10 Å². The molecule has 6 heteroatoms. The van der Waals surface area contributed by atoms with Crippen LogP contribution < -0.4 is 5.32 Å². The third-order valence-electron chi connectivity index (χ3n) is 3.63. The van der Waals surface area contributed by atoms with Crippen molar-refractivity contribution in [3.8, 4) is 6.07 Å². The molecule has 0 fully saturated rings. The SMILES string of the molecule is Cc1ccccc1CC(=O)O[C@@H](C)C(=O)Nc1ccc(C#N)c(Cl)c1. The van der Waals surface area contributed by atoms with E-state index in [1.165, 1.54) is 19.1 Å². The minimum absolute atomic E-state index is 0.104. The average Bonchev–Trinajstić information content (AvgIpc) is 2.57. The number of nitrogens with zero attached hydrogens (tertiary/aromatic N) is 1. The van der Waals surface area contributed by atoms with Crippen LogP contribution in [-0.4, -0.2) is 18.0 Å². The van der Waals surface area contributed by atoms with Gasteiger partial charge in [-0.25, -0.2) is 0 Å². The van der Waals surface area contributed by atoms with Crippen LogP contribution in [0.3, 0.4) is 0 Å². The molecule has 2 aromatic rings. The zero-order chi connectivity index (χ0) is 18.4. The average molecular weight is 357 g/mol. The number of benzene rings is 2. The number of ether oxygens (including phenoxy) is 1. The summed E-state index contributed by atoms with van der Waals surface area (Å²) in [5.41, 5.74) is 2.59. The highest BCUT2D eigenvalue weighted by atomic mass is 35.5. The van der Waals surface area contributed by atoms with Crippen molar-refractivity contribution in [3.63, 3.8) is 0 Å². The lowest BCUT2D eigenvalue weighted by atomic mass is 10.1. The van der Waals surface area contributed by atoms with Gasteiger partial charge in [-0.05, 0) is 43.2 Å². The van der Waals surface area contributed by atoms with E-state index in [4.69, 9.17) is 21.6 Å². The number of hydrogen-bond donors (Lipinski definition) is 1. The van der Waals surface area contributed by atoms with Crippen LogP contribution in [0.15, 0.2) is 42.5 Å². The van der Waals surface area contributed by atoms with Crippen LogP contribution in [0, 0.1) is 18.3 Å². The molecule has 0 saturated heterocycles. The lowest BCUT2D eigenvalue weighted by Gasteiger charge is -2.14. The van der Waals surface area contributed by atoms with Crippen LogP contribution in [0.4, 0.5) is 5.69 Å². The Hall–Kier alpha value is -2.84. The highest BCUT2D eigenvalue weighted by molar-refractivity contribution is 6.32. The molecule has 0 radical (unpaired) electrons. The first-order chi connectivity index (χ1) is 11.9. The van der Waals surface area contributed by atoms with Crippen molar-refractivity contribution in [1.82, 2.24) is 0 Å². The summed E-state index contributed by atoms with van der Waals surface area (Å²) in [7, 11) is 0. The quantitative estimate of drug-likeness (QED) is 0.829. The Kier molecular flexibility index (Phi) is 6.15. The second kappa shape index (κ2) is 8.32. The maximum absolute atomic E-state index is 12.1. The predicted octanol–water partition coefficient (Wildman–Crippen LogP) is 3.63. The molecular formula is C19H17ClN2O3. The molecule has 0 heterocycles. The summed E-state index contributed by atoms with van der Waals surface area (Å²) >= 11 is 5.92. The van der Waals surface area contributed by atoms with Crippen molar-refractivity contribution in [2.75, 3.05) is 5.32 Å². The lowest BCUT2D eigenvalue weighted by Crippen LogP contribution is -2.30. The first-order valence-electron chi connectivity index (χ1n) is 7.65. The van der Waals surface area contributed by atoms with Gasteiger partial charge in [0.1, 0.15) is 6.07 Å². The number of halogens is 1. The van der Waals surface area contributed by atoms with Crippen LogP contribution >= 0.6 is 11.6 Å². The summed E-state index contributed by atoms with van der Waals surface area (Å²) in [6, 6.07) is 14.0. The van der Waals surface area contributed by atoms with Crippen LogP contribution in [-0.2, 0) is 20.7 Å². The number of rotatable bonds is 5. The number of carbonyl (C=O) groups excluding carboxylic acids is 2. The van der Waals surface area contributed by atoms with Gasteiger partial charge in [-0.3, -0.25) is 9.59 Å². The first-order valence-corrected chi connectivity index (χ1v) is 8.03. The van der Waals surface area contributed by atoms with E-state index in [0.717, 1.165) is 11.1 Å². The fourth-order valence-electron chi connectivity index (χ4n) is 2.18. The molecular weight excluding hydrogens is 340 g/mol. The molecule has 0 unspecified atom stereocenters. The molecule has 0 aliphatic rings. The number of nitrogens with one attached hydrogen (secondary N) is 1. The van der Waals surface area contributed by atoms with Crippen LogP contribution in [0.5, 0.6) is 0 Å². The van der Waals surface area contributed by atoms with E-state index >= 15 is 0 Å². The number of esters is 1. The Labute approximate surface area is 151 Å². The predicted molar refractivity (Wildman–Crippen MR) is 95.2 cm³/mol. The van der Waals surface area contributed by atoms with E-state index in [9.17, 15) is 9.59 Å². The standard InChI is InChI=1S/C19H17ClN2O3/c1-12-5-3-4-6-14(12)9-18(23)25-13(2)19(24)22-16-8-7-15(11-21)17(20)10-16/h3-8,10,13H,9H2,1-2H3,(H,22,24)/t13-/m0/s1. The van der Waals surface area contributed by atoms with Crippen molar-refractivity contribution >= 4 is 29.2 Å². The lowest BCUT2D eigenvalue weighted by molar-refractivity contribution is -0.152. The van der Waals surface area contributed by atoms with Gasteiger partial charge in [0, 0.05) is 5.69 Å². The van der Waals surface area contributed by atoms with Crippen molar-refractivity contribution in [3.05, 3.63) is 64.2 Å². The molecule has 5 nitrogen and oxygen atoms in total. The van der Waals surface area contributed by atoms with Crippen molar-refractivity contribution < 1.29 is 14.3 Å². The molecule has 0 spiro atoms. The molecule has 0 saturated carbocycles. The summed E-state index contributed by atoms with van der Waals surface area (Å²) in [5, 5.41) is 11.7. The topological polar surface area (TPSA) is 79.2 Å². The third kappa shape index (κ3) is 5.07. The summed E-state index contributed by atoms with van der Waals surface area (Å²) in [5.74, 6) is -0.950. The fraction of sp³-hybridized carbons (Fsp3) is 0.211. The Morgan fingerprint density at radius 1 is 1.28 bits per heavy atom. The molecule has 128 valence electrons. The molecule has 25 heavy (non-hydrogen) atoms. The number of aryl methyl sites for hydroxylation is 1. The van der Waals surface area contributed by atoms with Crippen LogP contribution in [0.25, 0.3) is 0 Å². The molecule has 0 aromatic heterocycles. The van der Waals surface area contributed by atoms with Gasteiger partial charge >= 0.3 is 5.97 Å². The van der Waals surface area contributed by atoms with E-state index in [-0.39, 0.29) is 11.4 Å². The van der Waals surface area contributed by atoms with Gasteiger partial charge in [-0.15, -0.1) is 0 Å². The summed E-state index contributed by atoms with van der Waals surface area (Å²) < 4.78 is 5.18. The first kappa shape index (κ1) is 18.5. The normalized spacial score (nSPS) is 11.3. The molecule has 0 bridgehead atoms. The third-order valence-corrected chi connectivity index (χ3v) is 3.94. The molecule has 2 aromatic carbocycles. The van der Waals surface area contributed by atoms with Crippen molar-refractivity contribution in [2.24, 2.45) is 0 Å². The highest BCUT2D eigenvalue weighted by Gasteiger charge is 2.19. The second-order valence-corrected chi connectivity index (χ2v) is 5.94. The minimum atomic E-state index is -0.953. The highest BCUT2D eigenvalue weighted by Crippen LogP contribution is 2.20. The largest absolute Gasteiger partial charge is 0.452 e. The number of amides is 1. The molecule has 2 rings (SSSR count). The van der Waals surface area contributed by atoms with Gasteiger partial charge in [-0.2, -0.15) is 5.26 Å². The van der Waals surface area contributed by atoms with E-state index < -0.39 is 18.0 Å². The van der Waals surface area contributed by atoms with Gasteiger partial charge in [0.2, 0.25) is 0 Å². The van der Waals surface area contributed by atoms with E-state index in [2.05, 4.69) is 5.32 Å². The molecule has 0 aliphatic heterocycles.